The molecule has 1 aromatic carbocycles. The summed E-state index contributed by atoms with van der Waals surface area (Å²) in [5.41, 5.74) is 2.69. The number of benzene rings is 1. The molecule has 0 unspecified atom stereocenters. The zero-order valence-electron chi connectivity index (χ0n) is 14.0. The van der Waals surface area contributed by atoms with Gasteiger partial charge in [0.25, 0.3) is 5.91 Å². The van der Waals surface area contributed by atoms with Gasteiger partial charge in [0.2, 0.25) is 0 Å². The van der Waals surface area contributed by atoms with E-state index in [1.165, 1.54) is 0 Å². The summed E-state index contributed by atoms with van der Waals surface area (Å²) in [4.78, 5) is 18.9. The highest BCUT2D eigenvalue weighted by Crippen LogP contribution is 2.22. The largest absolute Gasteiger partial charge is 0.378 e. The van der Waals surface area contributed by atoms with E-state index in [4.69, 9.17) is 4.74 Å². The fourth-order valence-electron chi connectivity index (χ4n) is 2.72. The molecule has 1 aromatic heterocycles. The van der Waals surface area contributed by atoms with E-state index in [2.05, 4.69) is 21.3 Å². The summed E-state index contributed by atoms with van der Waals surface area (Å²) in [5.74, 6) is 0.940. The standard InChI is InChI=1S/C19H23N3O2/c1-2-8-20-19(23)16-5-3-4-15(13-16)17-6-7-18(21-14-17)22-9-11-24-12-10-22/h3-7,13-14H,2,8-12H2,1H3,(H,20,23). The normalized spacial score (nSPS) is 14.5. The summed E-state index contributed by atoms with van der Waals surface area (Å²) in [6.45, 7) is 5.98. The number of carbonyl (C=O) groups excluding carboxylic acids is 1. The molecule has 24 heavy (non-hydrogen) atoms. The van der Waals surface area contributed by atoms with E-state index in [-0.39, 0.29) is 5.91 Å². The Kier molecular flexibility index (Phi) is 5.43. The number of nitrogens with zero attached hydrogens (tertiary/aromatic N) is 2. The molecule has 5 heteroatoms. The third-order valence-electron chi connectivity index (χ3n) is 4.08. The van der Waals surface area contributed by atoms with Gasteiger partial charge in [-0.25, -0.2) is 4.98 Å². The molecule has 1 aliphatic heterocycles. The lowest BCUT2D eigenvalue weighted by molar-refractivity contribution is 0.0953. The Labute approximate surface area is 142 Å². The molecule has 5 nitrogen and oxygen atoms in total. The molecule has 0 bridgehead atoms. The van der Waals surface area contributed by atoms with E-state index in [0.29, 0.717) is 12.1 Å². The van der Waals surface area contributed by atoms with Crippen molar-refractivity contribution in [1.29, 1.82) is 0 Å². The van der Waals surface area contributed by atoms with E-state index >= 15 is 0 Å². The fraction of sp³-hybridized carbons (Fsp3) is 0.368. The first-order valence-corrected chi connectivity index (χ1v) is 8.45. The van der Waals surface area contributed by atoms with Crippen LogP contribution in [0.3, 0.4) is 0 Å². The number of rotatable bonds is 5. The maximum Gasteiger partial charge on any atom is 0.251 e. The van der Waals surface area contributed by atoms with Crippen LogP contribution in [0.25, 0.3) is 11.1 Å². The maximum absolute atomic E-state index is 12.1. The Bertz CT molecular complexity index is 679. The third-order valence-corrected chi connectivity index (χ3v) is 4.08. The molecule has 0 radical (unpaired) electrons. The highest BCUT2D eigenvalue weighted by molar-refractivity contribution is 5.95. The van der Waals surface area contributed by atoms with Crippen molar-refractivity contribution in [2.45, 2.75) is 13.3 Å². The van der Waals surface area contributed by atoms with Gasteiger partial charge in [-0.2, -0.15) is 0 Å². The predicted octanol–water partition coefficient (Wildman–Crippen LogP) is 2.73. The van der Waals surface area contributed by atoms with Crippen LogP contribution in [0, 0.1) is 0 Å². The predicted molar refractivity (Wildman–Crippen MR) is 95.3 cm³/mol. The number of morpholine rings is 1. The van der Waals surface area contributed by atoms with Gasteiger partial charge in [0.05, 0.1) is 13.2 Å². The Hall–Kier alpha value is -2.40. The average molecular weight is 325 g/mol. The maximum atomic E-state index is 12.1. The smallest absolute Gasteiger partial charge is 0.251 e. The first kappa shape index (κ1) is 16.5. The van der Waals surface area contributed by atoms with Crippen molar-refractivity contribution in [3.8, 4) is 11.1 Å². The third kappa shape index (κ3) is 3.92. The number of amides is 1. The number of hydrogen-bond donors (Lipinski definition) is 1. The van der Waals surface area contributed by atoms with Crippen molar-refractivity contribution in [2.75, 3.05) is 37.7 Å². The van der Waals surface area contributed by atoms with Gasteiger partial charge in [-0.3, -0.25) is 4.79 Å². The van der Waals surface area contributed by atoms with Crippen LogP contribution in [0.1, 0.15) is 23.7 Å². The van der Waals surface area contributed by atoms with E-state index in [9.17, 15) is 4.79 Å². The van der Waals surface area contributed by atoms with E-state index in [1.54, 1.807) is 0 Å². The van der Waals surface area contributed by atoms with Crippen LogP contribution in [0.5, 0.6) is 0 Å². The van der Waals surface area contributed by atoms with Crippen molar-refractivity contribution in [1.82, 2.24) is 10.3 Å². The topological polar surface area (TPSA) is 54.5 Å². The van der Waals surface area contributed by atoms with E-state index in [1.807, 2.05) is 43.5 Å². The summed E-state index contributed by atoms with van der Waals surface area (Å²) in [6, 6.07) is 11.7. The molecule has 1 fully saturated rings. The molecule has 1 saturated heterocycles. The quantitative estimate of drug-likeness (QED) is 0.918. The Morgan fingerprint density at radius 3 is 2.75 bits per heavy atom. The molecule has 2 aromatic rings. The molecule has 1 aliphatic rings. The minimum absolute atomic E-state index is 0.0309. The second-order valence-corrected chi connectivity index (χ2v) is 5.84. The first-order valence-electron chi connectivity index (χ1n) is 8.45. The number of pyridine rings is 1. The minimum Gasteiger partial charge on any atom is -0.378 e. The van der Waals surface area contributed by atoms with Crippen LogP contribution in [-0.2, 0) is 4.74 Å². The Morgan fingerprint density at radius 2 is 2.04 bits per heavy atom. The highest BCUT2D eigenvalue weighted by atomic mass is 16.5. The van der Waals surface area contributed by atoms with Gasteiger partial charge >= 0.3 is 0 Å². The second-order valence-electron chi connectivity index (χ2n) is 5.84. The molecule has 0 spiro atoms. The van der Waals surface area contributed by atoms with Crippen molar-refractivity contribution in [3.63, 3.8) is 0 Å². The lowest BCUT2D eigenvalue weighted by Crippen LogP contribution is -2.36. The molecule has 0 aliphatic carbocycles. The van der Waals surface area contributed by atoms with Crippen LogP contribution >= 0.6 is 0 Å². The number of anilines is 1. The molecule has 2 heterocycles. The Morgan fingerprint density at radius 1 is 1.21 bits per heavy atom. The highest BCUT2D eigenvalue weighted by Gasteiger charge is 2.12. The van der Waals surface area contributed by atoms with Crippen LogP contribution in [0.15, 0.2) is 42.6 Å². The lowest BCUT2D eigenvalue weighted by Gasteiger charge is -2.27. The van der Waals surface area contributed by atoms with Crippen molar-refractivity contribution in [2.24, 2.45) is 0 Å². The van der Waals surface area contributed by atoms with Crippen LogP contribution in [0.2, 0.25) is 0 Å². The SMILES string of the molecule is CCCNC(=O)c1cccc(-c2ccc(N3CCOCC3)nc2)c1. The lowest BCUT2D eigenvalue weighted by atomic mass is 10.0. The molecule has 0 atom stereocenters. The van der Waals surface area contributed by atoms with Crippen molar-refractivity contribution < 1.29 is 9.53 Å². The molecule has 126 valence electrons. The molecule has 0 saturated carbocycles. The van der Waals surface area contributed by atoms with Gasteiger partial charge in [0, 0.05) is 37.0 Å². The summed E-state index contributed by atoms with van der Waals surface area (Å²) in [7, 11) is 0. The number of aromatic nitrogens is 1. The van der Waals surface area contributed by atoms with Crippen LogP contribution in [-0.4, -0.2) is 43.7 Å². The average Bonchev–Trinajstić information content (AvgIpc) is 2.67. The monoisotopic (exact) mass is 325 g/mol. The van der Waals surface area contributed by atoms with Crippen molar-refractivity contribution in [3.05, 3.63) is 48.2 Å². The minimum atomic E-state index is -0.0309. The van der Waals surface area contributed by atoms with Gasteiger partial charge in [0.1, 0.15) is 5.82 Å². The van der Waals surface area contributed by atoms with Crippen molar-refractivity contribution >= 4 is 11.7 Å². The second kappa shape index (κ2) is 7.93. The van der Waals surface area contributed by atoms with Gasteiger partial charge < -0.3 is 15.0 Å². The van der Waals surface area contributed by atoms with Gasteiger partial charge in [0.15, 0.2) is 0 Å². The summed E-state index contributed by atoms with van der Waals surface area (Å²) in [5, 5.41) is 2.91. The summed E-state index contributed by atoms with van der Waals surface area (Å²) >= 11 is 0. The number of hydrogen-bond acceptors (Lipinski definition) is 4. The molecule has 1 N–H and O–H groups in total. The van der Waals surface area contributed by atoms with Gasteiger partial charge in [-0.05, 0) is 36.2 Å². The van der Waals surface area contributed by atoms with Crippen LogP contribution < -0.4 is 10.2 Å². The zero-order valence-corrected chi connectivity index (χ0v) is 14.0. The summed E-state index contributed by atoms with van der Waals surface area (Å²) in [6.07, 6.45) is 2.80. The Balaban J connectivity index is 1.75. The number of carbonyl (C=O) groups is 1. The zero-order chi connectivity index (χ0) is 16.8. The molecular weight excluding hydrogens is 302 g/mol. The molecule has 1 amide bonds. The van der Waals surface area contributed by atoms with E-state index in [0.717, 1.165) is 49.7 Å². The van der Waals surface area contributed by atoms with Crippen LogP contribution in [0.4, 0.5) is 5.82 Å². The molecule has 3 rings (SSSR count). The fourth-order valence-corrected chi connectivity index (χ4v) is 2.72. The number of nitrogens with one attached hydrogen (secondary N) is 1. The first-order chi connectivity index (χ1) is 11.8. The van der Waals surface area contributed by atoms with Gasteiger partial charge in [-0.15, -0.1) is 0 Å². The number of ether oxygens (including phenoxy) is 1. The van der Waals surface area contributed by atoms with E-state index < -0.39 is 0 Å². The van der Waals surface area contributed by atoms with Gasteiger partial charge in [-0.1, -0.05) is 19.1 Å². The molecular formula is C19H23N3O2. The summed E-state index contributed by atoms with van der Waals surface area (Å²) < 4.78 is 5.37.